The quantitative estimate of drug-likeness (QED) is 0.747. The van der Waals surface area contributed by atoms with Crippen molar-refractivity contribution in [1.29, 1.82) is 0 Å². The number of nitrogens with one attached hydrogen (secondary N) is 1. The van der Waals surface area contributed by atoms with Crippen LogP contribution in [0.2, 0.25) is 0 Å². The smallest absolute Gasteiger partial charge is 0.304 e. The van der Waals surface area contributed by atoms with Crippen molar-refractivity contribution in [2.45, 2.75) is 25.9 Å². The van der Waals surface area contributed by atoms with E-state index in [0.29, 0.717) is 0 Å². The maximum Gasteiger partial charge on any atom is 0.304 e. The number of carboxylic acid groups (broad SMARTS) is 1. The van der Waals surface area contributed by atoms with Crippen molar-refractivity contribution < 1.29 is 9.90 Å². The van der Waals surface area contributed by atoms with Crippen molar-refractivity contribution in [2.75, 3.05) is 0 Å². The molecule has 0 amide bonds. The van der Waals surface area contributed by atoms with Gasteiger partial charge in [-0.2, -0.15) is 0 Å². The predicted octanol–water partition coefficient (Wildman–Crippen LogP) is 1.64. The number of rotatable bonds is 5. The van der Waals surface area contributed by atoms with Crippen molar-refractivity contribution in [3.05, 3.63) is 35.9 Å². The number of benzene rings is 1. The van der Waals surface area contributed by atoms with Gasteiger partial charge in [0.15, 0.2) is 0 Å². The summed E-state index contributed by atoms with van der Waals surface area (Å²) in [5, 5.41) is 11.7. The molecule has 1 unspecified atom stereocenters. The molecule has 0 fully saturated rings. The van der Waals surface area contributed by atoms with Crippen LogP contribution < -0.4 is 5.32 Å². The van der Waals surface area contributed by atoms with Gasteiger partial charge in [-0.05, 0) is 12.5 Å². The van der Waals surface area contributed by atoms with E-state index < -0.39 is 5.97 Å². The lowest BCUT2D eigenvalue weighted by Gasteiger charge is -2.10. The molecule has 0 aliphatic carbocycles. The van der Waals surface area contributed by atoms with E-state index >= 15 is 0 Å². The van der Waals surface area contributed by atoms with Gasteiger partial charge in [0.2, 0.25) is 0 Å². The molecule has 0 spiro atoms. The second-order valence-corrected chi connectivity index (χ2v) is 3.37. The van der Waals surface area contributed by atoms with Crippen LogP contribution in [0, 0.1) is 0 Å². The summed E-state index contributed by atoms with van der Waals surface area (Å²) >= 11 is 0. The Morgan fingerprint density at radius 2 is 2.07 bits per heavy atom. The van der Waals surface area contributed by atoms with Crippen LogP contribution in [0.5, 0.6) is 0 Å². The first-order valence-electron chi connectivity index (χ1n) is 4.67. The molecule has 0 aliphatic heterocycles. The van der Waals surface area contributed by atoms with Gasteiger partial charge in [-0.25, -0.2) is 0 Å². The van der Waals surface area contributed by atoms with E-state index in [1.807, 2.05) is 37.3 Å². The van der Waals surface area contributed by atoms with Crippen molar-refractivity contribution in [3.63, 3.8) is 0 Å². The van der Waals surface area contributed by atoms with E-state index in [1.54, 1.807) is 0 Å². The topological polar surface area (TPSA) is 49.3 Å². The van der Waals surface area contributed by atoms with Gasteiger partial charge in [0, 0.05) is 12.6 Å². The molecule has 0 aromatic heterocycles. The molecule has 3 heteroatoms. The second-order valence-electron chi connectivity index (χ2n) is 3.37. The normalized spacial score (nSPS) is 12.4. The Labute approximate surface area is 83.8 Å². The van der Waals surface area contributed by atoms with Crippen molar-refractivity contribution in [3.8, 4) is 0 Å². The minimum atomic E-state index is -0.766. The Balaban J connectivity index is 2.30. The third-order valence-corrected chi connectivity index (χ3v) is 1.98. The molecule has 0 heterocycles. The summed E-state index contributed by atoms with van der Waals surface area (Å²) in [6.45, 7) is 2.59. The predicted molar refractivity (Wildman–Crippen MR) is 55.0 cm³/mol. The number of hydrogen-bond acceptors (Lipinski definition) is 2. The van der Waals surface area contributed by atoms with E-state index in [-0.39, 0.29) is 12.5 Å². The summed E-state index contributed by atoms with van der Waals surface area (Å²) in [6.07, 6.45) is 0.160. The van der Waals surface area contributed by atoms with Crippen LogP contribution in [0.25, 0.3) is 0 Å². The third-order valence-electron chi connectivity index (χ3n) is 1.98. The van der Waals surface area contributed by atoms with Crippen molar-refractivity contribution in [2.24, 2.45) is 0 Å². The molecule has 0 bridgehead atoms. The average Bonchev–Trinajstić information content (AvgIpc) is 2.15. The molecular formula is C11H15NO2. The van der Waals surface area contributed by atoms with Gasteiger partial charge in [-0.1, -0.05) is 30.3 Å². The second kappa shape index (κ2) is 5.40. The SMILES string of the molecule is CC(CC(=O)O)NCc1ccccc1. The summed E-state index contributed by atoms with van der Waals surface area (Å²) in [7, 11) is 0. The highest BCUT2D eigenvalue weighted by Crippen LogP contribution is 1.99. The number of carboxylic acids is 1. The molecule has 1 atom stereocenters. The molecule has 1 aromatic carbocycles. The van der Waals surface area contributed by atoms with Gasteiger partial charge >= 0.3 is 5.97 Å². The highest BCUT2D eigenvalue weighted by molar-refractivity contribution is 5.67. The monoisotopic (exact) mass is 193 g/mol. The zero-order valence-corrected chi connectivity index (χ0v) is 8.23. The molecule has 0 aliphatic rings. The summed E-state index contributed by atoms with van der Waals surface area (Å²) in [5.74, 6) is -0.766. The van der Waals surface area contributed by atoms with Crippen molar-refractivity contribution >= 4 is 5.97 Å². The van der Waals surface area contributed by atoms with Crippen LogP contribution in [-0.4, -0.2) is 17.1 Å². The Hall–Kier alpha value is -1.35. The fourth-order valence-electron chi connectivity index (χ4n) is 1.22. The minimum absolute atomic E-state index is 0.00714. The van der Waals surface area contributed by atoms with Crippen LogP contribution in [0.15, 0.2) is 30.3 Å². The Morgan fingerprint density at radius 1 is 1.43 bits per heavy atom. The zero-order chi connectivity index (χ0) is 10.4. The zero-order valence-electron chi connectivity index (χ0n) is 8.23. The first-order chi connectivity index (χ1) is 6.68. The van der Waals surface area contributed by atoms with Gasteiger partial charge in [-0.15, -0.1) is 0 Å². The Bertz CT molecular complexity index is 285. The van der Waals surface area contributed by atoms with Gasteiger partial charge in [-0.3, -0.25) is 4.79 Å². The Morgan fingerprint density at radius 3 is 2.64 bits per heavy atom. The molecule has 0 saturated heterocycles. The van der Waals surface area contributed by atoms with E-state index in [0.717, 1.165) is 6.54 Å². The van der Waals surface area contributed by atoms with Crippen molar-refractivity contribution in [1.82, 2.24) is 5.32 Å². The summed E-state index contributed by atoms with van der Waals surface area (Å²) in [5.41, 5.74) is 1.17. The largest absolute Gasteiger partial charge is 0.481 e. The average molecular weight is 193 g/mol. The van der Waals surface area contributed by atoms with Crippen LogP contribution >= 0.6 is 0 Å². The third kappa shape index (κ3) is 4.05. The van der Waals surface area contributed by atoms with Gasteiger partial charge < -0.3 is 10.4 Å². The standard InChI is InChI=1S/C11H15NO2/c1-9(7-11(13)14)12-8-10-5-3-2-4-6-10/h2-6,9,12H,7-8H2,1H3,(H,13,14). The van der Waals surface area contributed by atoms with Gasteiger partial charge in [0.25, 0.3) is 0 Å². The molecule has 0 radical (unpaired) electrons. The maximum absolute atomic E-state index is 10.4. The number of carbonyl (C=O) groups is 1. The summed E-state index contributed by atoms with van der Waals surface area (Å²) < 4.78 is 0. The fourth-order valence-corrected chi connectivity index (χ4v) is 1.22. The summed E-state index contributed by atoms with van der Waals surface area (Å²) in [6, 6.07) is 9.94. The molecule has 2 N–H and O–H groups in total. The molecule has 1 rings (SSSR count). The van der Waals surface area contributed by atoms with E-state index in [2.05, 4.69) is 5.32 Å². The number of hydrogen-bond donors (Lipinski definition) is 2. The van der Waals surface area contributed by atoms with E-state index in [4.69, 9.17) is 5.11 Å². The highest BCUT2D eigenvalue weighted by atomic mass is 16.4. The first kappa shape index (κ1) is 10.7. The van der Waals surface area contributed by atoms with Crippen LogP contribution in [0.3, 0.4) is 0 Å². The Kier molecular flexibility index (Phi) is 4.13. The molecule has 76 valence electrons. The molecular weight excluding hydrogens is 178 g/mol. The maximum atomic E-state index is 10.4. The highest BCUT2D eigenvalue weighted by Gasteiger charge is 2.05. The number of aliphatic carboxylic acids is 1. The van der Waals surface area contributed by atoms with Gasteiger partial charge in [0.1, 0.15) is 0 Å². The molecule has 0 saturated carbocycles. The lowest BCUT2D eigenvalue weighted by atomic mass is 10.2. The lowest BCUT2D eigenvalue weighted by Crippen LogP contribution is -2.27. The van der Waals surface area contributed by atoms with Crippen LogP contribution in [0.1, 0.15) is 18.9 Å². The molecule has 14 heavy (non-hydrogen) atoms. The van der Waals surface area contributed by atoms with Crippen LogP contribution in [-0.2, 0) is 11.3 Å². The fraction of sp³-hybridized carbons (Fsp3) is 0.364. The lowest BCUT2D eigenvalue weighted by molar-refractivity contribution is -0.137. The minimum Gasteiger partial charge on any atom is -0.481 e. The van der Waals surface area contributed by atoms with Crippen LogP contribution in [0.4, 0.5) is 0 Å². The van der Waals surface area contributed by atoms with E-state index in [9.17, 15) is 4.79 Å². The molecule has 1 aromatic rings. The van der Waals surface area contributed by atoms with Gasteiger partial charge in [0.05, 0.1) is 6.42 Å². The van der Waals surface area contributed by atoms with E-state index in [1.165, 1.54) is 5.56 Å². The molecule has 3 nitrogen and oxygen atoms in total. The summed E-state index contributed by atoms with van der Waals surface area (Å²) in [4.78, 5) is 10.4. The first-order valence-corrected chi connectivity index (χ1v) is 4.67.